The molecule has 2 aromatic carbocycles. The molecule has 1 aliphatic heterocycles. The van der Waals surface area contributed by atoms with E-state index in [2.05, 4.69) is 47.2 Å². The van der Waals surface area contributed by atoms with Crippen LogP contribution in [0.3, 0.4) is 0 Å². The van der Waals surface area contributed by atoms with Gasteiger partial charge < -0.3 is 14.8 Å². The highest BCUT2D eigenvalue weighted by Crippen LogP contribution is 2.42. The zero-order chi connectivity index (χ0) is 22.2. The molecule has 1 saturated heterocycles. The molecular weight excluding hydrogens is 419 g/mol. The number of nitrogens with zero attached hydrogens (tertiary/aromatic N) is 3. The van der Waals surface area contributed by atoms with Crippen LogP contribution in [-0.2, 0) is 0 Å². The normalized spacial score (nSPS) is 18.1. The molecular formula is C26H23FN4S. The summed E-state index contributed by atoms with van der Waals surface area (Å²) in [6.45, 7) is 4.19. The van der Waals surface area contributed by atoms with E-state index in [0.29, 0.717) is 10.8 Å². The highest BCUT2D eigenvalue weighted by molar-refractivity contribution is 7.80. The van der Waals surface area contributed by atoms with Crippen molar-refractivity contribution in [2.45, 2.75) is 25.9 Å². The molecule has 0 spiro atoms. The minimum Gasteiger partial charge on any atom is -0.351 e. The Morgan fingerprint density at radius 2 is 1.75 bits per heavy atom. The van der Waals surface area contributed by atoms with Crippen LogP contribution in [0.25, 0.3) is 5.69 Å². The highest BCUT2D eigenvalue weighted by Gasteiger charge is 2.42. The maximum atomic E-state index is 14.7. The van der Waals surface area contributed by atoms with Gasteiger partial charge in [0.05, 0.1) is 17.4 Å². The van der Waals surface area contributed by atoms with Crippen LogP contribution in [0.1, 0.15) is 34.6 Å². The molecule has 160 valence electrons. The minimum absolute atomic E-state index is 0.189. The summed E-state index contributed by atoms with van der Waals surface area (Å²) in [5.41, 5.74) is 5.72. The van der Waals surface area contributed by atoms with E-state index in [-0.39, 0.29) is 17.9 Å². The number of halogens is 1. The summed E-state index contributed by atoms with van der Waals surface area (Å²) < 4.78 is 16.6. The number of anilines is 1. The predicted molar refractivity (Wildman–Crippen MR) is 130 cm³/mol. The molecule has 4 nitrogen and oxygen atoms in total. The molecule has 0 amide bonds. The number of thiocarbonyl (C=S) groups is 1. The first-order valence-corrected chi connectivity index (χ1v) is 11.0. The Morgan fingerprint density at radius 3 is 2.50 bits per heavy atom. The average Bonchev–Trinajstić information content (AvgIpc) is 3.41. The molecule has 5 rings (SSSR count). The predicted octanol–water partition coefficient (Wildman–Crippen LogP) is 5.81. The number of pyridine rings is 1. The van der Waals surface area contributed by atoms with Crippen molar-refractivity contribution in [3.63, 3.8) is 0 Å². The van der Waals surface area contributed by atoms with Gasteiger partial charge in [-0.05, 0) is 85.7 Å². The van der Waals surface area contributed by atoms with Gasteiger partial charge in [-0.15, -0.1) is 0 Å². The van der Waals surface area contributed by atoms with E-state index in [1.54, 1.807) is 18.3 Å². The fourth-order valence-electron chi connectivity index (χ4n) is 4.31. The van der Waals surface area contributed by atoms with Gasteiger partial charge in [0.1, 0.15) is 11.9 Å². The van der Waals surface area contributed by atoms with Crippen molar-refractivity contribution >= 4 is 23.0 Å². The largest absolute Gasteiger partial charge is 0.351 e. The Kier molecular flexibility index (Phi) is 5.23. The van der Waals surface area contributed by atoms with Crippen LogP contribution in [0.5, 0.6) is 0 Å². The number of aryl methyl sites for hydroxylation is 2. The molecule has 32 heavy (non-hydrogen) atoms. The van der Waals surface area contributed by atoms with Crippen LogP contribution < -0.4 is 10.2 Å². The van der Waals surface area contributed by atoms with E-state index in [9.17, 15) is 4.39 Å². The quantitative estimate of drug-likeness (QED) is 0.405. The van der Waals surface area contributed by atoms with Crippen molar-refractivity contribution < 1.29 is 4.39 Å². The van der Waals surface area contributed by atoms with Crippen LogP contribution in [0, 0.1) is 19.7 Å². The molecule has 4 aromatic rings. The molecule has 0 aliphatic carbocycles. The lowest BCUT2D eigenvalue weighted by atomic mass is 10.00. The zero-order valence-electron chi connectivity index (χ0n) is 17.9. The summed E-state index contributed by atoms with van der Waals surface area (Å²) in [6.07, 6.45) is 3.68. The number of hydrogen-bond acceptors (Lipinski definition) is 2. The van der Waals surface area contributed by atoms with Crippen LogP contribution in [0.15, 0.2) is 85.2 Å². The van der Waals surface area contributed by atoms with E-state index in [1.165, 1.54) is 17.2 Å². The third kappa shape index (κ3) is 3.46. The number of nitrogens with one attached hydrogen (secondary N) is 1. The summed E-state index contributed by atoms with van der Waals surface area (Å²) in [5, 5.41) is 4.09. The third-order valence-electron chi connectivity index (χ3n) is 6.06. The van der Waals surface area contributed by atoms with E-state index < -0.39 is 0 Å². The van der Waals surface area contributed by atoms with Crippen LogP contribution in [0.2, 0.25) is 0 Å². The lowest BCUT2D eigenvalue weighted by Gasteiger charge is -2.29. The standard InChI is InChI=1S/C26H23FN4S/c1-17-12-13-19(16-18(17)2)31-25(24(29-26(31)32)21-9-5-6-14-28-21)23-11-7-15-30(23)22-10-4-3-8-20(22)27/h3-16,24-25H,1-2H3,(H,29,32). The number of para-hydroxylation sites is 1. The lowest BCUT2D eigenvalue weighted by Crippen LogP contribution is -2.30. The number of rotatable bonds is 4. The van der Waals surface area contributed by atoms with E-state index in [1.807, 2.05) is 47.2 Å². The number of hydrogen-bond donors (Lipinski definition) is 1. The maximum Gasteiger partial charge on any atom is 0.174 e. The molecule has 3 heterocycles. The van der Waals surface area contributed by atoms with Crippen LogP contribution in [-0.4, -0.2) is 14.7 Å². The molecule has 1 fully saturated rings. The topological polar surface area (TPSA) is 33.1 Å². The van der Waals surface area contributed by atoms with Gasteiger partial charge >= 0.3 is 0 Å². The second-order valence-corrected chi connectivity index (χ2v) is 8.41. The Bertz CT molecular complexity index is 1280. The fraction of sp³-hybridized carbons (Fsp3) is 0.154. The molecule has 0 saturated carbocycles. The Hall–Kier alpha value is -3.51. The van der Waals surface area contributed by atoms with Gasteiger partial charge in [-0.2, -0.15) is 0 Å². The van der Waals surface area contributed by atoms with Gasteiger partial charge in [0, 0.05) is 23.8 Å². The summed E-state index contributed by atoms with van der Waals surface area (Å²) in [7, 11) is 0. The van der Waals surface area contributed by atoms with Crippen molar-refractivity contribution in [3.8, 4) is 5.69 Å². The molecule has 0 radical (unpaired) electrons. The van der Waals surface area contributed by atoms with Crippen molar-refractivity contribution in [1.29, 1.82) is 0 Å². The Labute approximate surface area is 192 Å². The maximum absolute atomic E-state index is 14.7. The van der Waals surface area contributed by atoms with Crippen molar-refractivity contribution in [2.75, 3.05) is 4.90 Å². The minimum atomic E-state index is -0.273. The molecule has 2 unspecified atom stereocenters. The van der Waals surface area contributed by atoms with Gasteiger partial charge in [0.2, 0.25) is 0 Å². The number of aromatic nitrogens is 2. The summed E-state index contributed by atoms with van der Waals surface area (Å²) >= 11 is 5.82. The molecule has 6 heteroatoms. The Balaban J connectivity index is 1.69. The van der Waals surface area contributed by atoms with Gasteiger partial charge in [-0.1, -0.05) is 24.3 Å². The molecule has 0 bridgehead atoms. The second kappa shape index (κ2) is 8.20. The van der Waals surface area contributed by atoms with E-state index in [4.69, 9.17) is 12.2 Å². The zero-order valence-corrected chi connectivity index (χ0v) is 18.7. The van der Waals surface area contributed by atoms with Crippen LogP contribution >= 0.6 is 12.2 Å². The highest BCUT2D eigenvalue weighted by atomic mass is 32.1. The van der Waals surface area contributed by atoms with Gasteiger partial charge in [-0.3, -0.25) is 4.98 Å². The van der Waals surface area contributed by atoms with Gasteiger partial charge in [0.15, 0.2) is 5.11 Å². The third-order valence-corrected chi connectivity index (χ3v) is 6.38. The van der Waals surface area contributed by atoms with E-state index >= 15 is 0 Å². The molecule has 2 atom stereocenters. The summed E-state index contributed by atoms with van der Waals surface area (Å²) in [6, 6.07) is 22.6. The lowest BCUT2D eigenvalue weighted by molar-refractivity contribution is 0.544. The van der Waals surface area contributed by atoms with Crippen molar-refractivity contribution in [1.82, 2.24) is 14.9 Å². The van der Waals surface area contributed by atoms with Crippen molar-refractivity contribution in [3.05, 3.63) is 114 Å². The molecule has 1 aliphatic rings. The van der Waals surface area contributed by atoms with Gasteiger partial charge in [0.25, 0.3) is 0 Å². The first-order chi connectivity index (χ1) is 15.5. The fourth-order valence-corrected chi connectivity index (χ4v) is 4.66. The molecule has 1 N–H and O–H groups in total. The number of benzene rings is 2. The van der Waals surface area contributed by atoms with Crippen LogP contribution in [0.4, 0.5) is 10.1 Å². The first-order valence-electron chi connectivity index (χ1n) is 10.5. The second-order valence-electron chi connectivity index (χ2n) is 8.02. The average molecular weight is 443 g/mol. The summed E-state index contributed by atoms with van der Waals surface area (Å²) in [4.78, 5) is 6.72. The van der Waals surface area contributed by atoms with Gasteiger partial charge in [-0.25, -0.2) is 4.39 Å². The SMILES string of the molecule is Cc1ccc(N2C(=S)NC(c3ccccn3)C2c2cccn2-c2ccccc2F)cc1C. The monoisotopic (exact) mass is 442 g/mol. The van der Waals surface area contributed by atoms with E-state index in [0.717, 1.165) is 17.1 Å². The summed E-state index contributed by atoms with van der Waals surface area (Å²) in [5.74, 6) is -0.273. The Morgan fingerprint density at radius 1 is 0.938 bits per heavy atom. The smallest absolute Gasteiger partial charge is 0.174 e. The molecule has 2 aromatic heterocycles. The first kappa shape index (κ1) is 20.4. The van der Waals surface area contributed by atoms with Crippen molar-refractivity contribution in [2.24, 2.45) is 0 Å².